The molecule has 0 aliphatic carbocycles. The van der Waals surface area contributed by atoms with Crippen LogP contribution in [-0.4, -0.2) is 44.5 Å². The summed E-state index contributed by atoms with van der Waals surface area (Å²) in [6.45, 7) is 9.77. The summed E-state index contributed by atoms with van der Waals surface area (Å²) < 4.78 is 17.0. The first-order valence-corrected chi connectivity index (χ1v) is 7.58. The third-order valence-corrected chi connectivity index (χ3v) is 6.44. The fourth-order valence-corrected chi connectivity index (χ4v) is 4.47. The van der Waals surface area contributed by atoms with Gasteiger partial charge in [-0.2, -0.15) is 12.6 Å². The summed E-state index contributed by atoms with van der Waals surface area (Å²) in [5.41, 5.74) is 0. The van der Waals surface area contributed by atoms with Crippen LogP contribution in [0.2, 0.25) is 0 Å². The van der Waals surface area contributed by atoms with E-state index in [-0.39, 0.29) is 15.8 Å². The van der Waals surface area contributed by atoms with Crippen LogP contribution in [0.1, 0.15) is 34.1 Å². The van der Waals surface area contributed by atoms with Crippen LogP contribution in [0.4, 0.5) is 0 Å². The van der Waals surface area contributed by atoms with Gasteiger partial charge in [0.05, 0.1) is 4.87 Å². The molecule has 6 heteroatoms. The molecule has 0 rings (SSSR count). The lowest BCUT2D eigenvalue weighted by atomic mass is 10.6. The van der Waals surface area contributed by atoms with Gasteiger partial charge in [0.1, 0.15) is 0 Å². The average Bonchev–Trinajstić information content (AvgIpc) is 2.17. The minimum Gasteiger partial charge on any atom is -0.373 e. The first-order chi connectivity index (χ1) is 6.66. The van der Waals surface area contributed by atoms with E-state index < -0.39 is 8.80 Å². The van der Waals surface area contributed by atoms with Gasteiger partial charge in [0.2, 0.25) is 0 Å². The van der Waals surface area contributed by atoms with Crippen LogP contribution in [0.25, 0.3) is 0 Å². The van der Waals surface area contributed by atoms with Crippen LogP contribution < -0.4 is 0 Å². The van der Waals surface area contributed by atoms with E-state index in [4.69, 9.17) is 13.3 Å². The Morgan fingerprint density at radius 3 is 1.47 bits per heavy atom. The number of rotatable bonds is 8. The summed E-state index contributed by atoms with van der Waals surface area (Å²) in [6, 6.07) is 0. The number of hydrogen-bond acceptors (Lipinski definition) is 4. The summed E-state index contributed by atoms with van der Waals surface area (Å²) in [6.07, 6.45) is 0.898. The van der Waals surface area contributed by atoms with Crippen molar-refractivity contribution in [2.75, 3.05) is 19.8 Å². The van der Waals surface area contributed by atoms with Gasteiger partial charge in [-0.25, -0.2) is 0 Å². The molecule has 0 fully saturated rings. The molecule has 0 saturated heterocycles. The molecule has 4 radical (unpaired) electrons. The first-order valence-electron chi connectivity index (χ1n) is 5.26. The molecule has 0 aromatic carbocycles. The molecule has 0 heterocycles. The van der Waals surface area contributed by atoms with Gasteiger partial charge in [0.25, 0.3) is 0 Å². The molecule has 0 amide bonds. The van der Waals surface area contributed by atoms with Crippen molar-refractivity contribution in [2.45, 2.75) is 39.0 Å². The zero-order valence-electron chi connectivity index (χ0n) is 10.1. The van der Waals surface area contributed by atoms with Crippen molar-refractivity contribution in [3.63, 3.8) is 0 Å². The van der Waals surface area contributed by atoms with Crippen molar-refractivity contribution >= 4 is 32.4 Å². The first kappa shape index (κ1) is 18.0. The Kier molecular flexibility index (Phi) is 11.9. The van der Waals surface area contributed by atoms with Crippen molar-refractivity contribution in [2.24, 2.45) is 0 Å². The van der Waals surface area contributed by atoms with E-state index in [1.807, 2.05) is 20.8 Å². The van der Waals surface area contributed by atoms with E-state index in [0.29, 0.717) is 19.8 Å². The van der Waals surface area contributed by atoms with Crippen molar-refractivity contribution in [1.29, 1.82) is 0 Å². The lowest BCUT2D eigenvalue weighted by Crippen LogP contribution is -2.54. The van der Waals surface area contributed by atoms with E-state index in [1.165, 1.54) is 0 Å². The van der Waals surface area contributed by atoms with E-state index in [1.54, 1.807) is 0 Å². The topological polar surface area (TPSA) is 27.7 Å². The summed E-state index contributed by atoms with van der Waals surface area (Å²) in [5.74, 6) is 0. The predicted molar refractivity (Wildman–Crippen MR) is 69.5 cm³/mol. The summed E-state index contributed by atoms with van der Waals surface area (Å²) in [4.78, 5) is 0.0716. The molecule has 0 saturated carbocycles. The molecule has 0 bridgehead atoms. The molecule has 0 aliphatic heterocycles. The van der Waals surface area contributed by atoms with Gasteiger partial charge < -0.3 is 13.3 Å². The monoisotopic (exact) mass is 266 g/mol. The molecular weight excluding hydrogens is 244 g/mol. The van der Waals surface area contributed by atoms with Crippen LogP contribution in [0.3, 0.4) is 0 Å². The van der Waals surface area contributed by atoms with Gasteiger partial charge in [0, 0.05) is 30.8 Å². The maximum Gasteiger partial charge on any atom is 0.514 e. The molecule has 1 unspecified atom stereocenters. The molecular formula is C9H22O3SSi2. The molecule has 90 valence electrons. The van der Waals surface area contributed by atoms with Crippen LogP contribution in [0.15, 0.2) is 0 Å². The lowest BCUT2D eigenvalue weighted by molar-refractivity contribution is 0.0694. The standard InChI is InChI=1S/C9H22O3SSi.Si/c1-5-9(13)14(10-6-2,11-7-3)12-8-4;/h9,13H,5-8H2,1-4H3;. The van der Waals surface area contributed by atoms with E-state index in [9.17, 15) is 0 Å². The van der Waals surface area contributed by atoms with E-state index in [2.05, 4.69) is 19.6 Å². The minimum absolute atomic E-state index is 0. The molecule has 15 heavy (non-hydrogen) atoms. The predicted octanol–water partition coefficient (Wildman–Crippen LogP) is 1.90. The zero-order valence-corrected chi connectivity index (χ0v) is 13.0. The summed E-state index contributed by atoms with van der Waals surface area (Å²) >= 11 is 4.50. The smallest absolute Gasteiger partial charge is 0.373 e. The van der Waals surface area contributed by atoms with Gasteiger partial charge >= 0.3 is 8.80 Å². The fraction of sp³-hybridized carbons (Fsp3) is 1.00. The van der Waals surface area contributed by atoms with Crippen molar-refractivity contribution < 1.29 is 13.3 Å². The quantitative estimate of drug-likeness (QED) is 0.537. The molecule has 0 spiro atoms. The molecule has 0 aliphatic rings. The highest BCUT2D eigenvalue weighted by Crippen LogP contribution is 2.21. The lowest BCUT2D eigenvalue weighted by Gasteiger charge is -2.32. The largest absolute Gasteiger partial charge is 0.514 e. The number of thiol groups is 1. The van der Waals surface area contributed by atoms with E-state index >= 15 is 0 Å². The SMILES string of the molecule is CCO[Si](OCC)(OCC)C(S)CC.[Si]. The molecule has 0 aromatic rings. The van der Waals surface area contributed by atoms with Gasteiger partial charge in [0.15, 0.2) is 0 Å². The van der Waals surface area contributed by atoms with E-state index in [0.717, 1.165) is 6.42 Å². The highest BCUT2D eigenvalue weighted by molar-refractivity contribution is 7.83. The Hall–Kier alpha value is 0.664. The fourth-order valence-electron chi connectivity index (χ4n) is 1.27. The van der Waals surface area contributed by atoms with Crippen molar-refractivity contribution in [1.82, 2.24) is 0 Å². The van der Waals surface area contributed by atoms with Crippen LogP contribution in [-0.2, 0) is 13.3 Å². The number of hydrogen-bond donors (Lipinski definition) is 1. The van der Waals surface area contributed by atoms with Crippen LogP contribution in [0, 0.1) is 0 Å². The van der Waals surface area contributed by atoms with Crippen molar-refractivity contribution in [3.05, 3.63) is 0 Å². The highest BCUT2D eigenvalue weighted by atomic mass is 32.1. The van der Waals surface area contributed by atoms with Crippen LogP contribution >= 0.6 is 12.6 Å². The van der Waals surface area contributed by atoms with Gasteiger partial charge in [-0.3, -0.25) is 0 Å². The Morgan fingerprint density at radius 1 is 0.933 bits per heavy atom. The minimum atomic E-state index is -2.53. The third kappa shape index (κ3) is 5.51. The maximum absolute atomic E-state index is 5.68. The van der Waals surface area contributed by atoms with Gasteiger partial charge in [-0.15, -0.1) is 0 Å². The zero-order chi connectivity index (χ0) is 11.0. The Bertz CT molecular complexity index is 132. The molecule has 0 aromatic heterocycles. The van der Waals surface area contributed by atoms with Gasteiger partial charge in [-0.05, 0) is 27.2 Å². The van der Waals surface area contributed by atoms with Gasteiger partial charge in [-0.1, -0.05) is 6.92 Å². The average molecular weight is 267 g/mol. The third-order valence-electron chi connectivity index (χ3n) is 1.83. The second-order valence-corrected chi connectivity index (χ2v) is 6.71. The second-order valence-electron chi connectivity index (χ2n) is 2.83. The summed E-state index contributed by atoms with van der Waals surface area (Å²) in [7, 11) is -2.53. The highest BCUT2D eigenvalue weighted by Gasteiger charge is 2.46. The Balaban J connectivity index is 0. The second kappa shape index (κ2) is 9.86. The molecule has 1 atom stereocenters. The Morgan fingerprint density at radius 2 is 1.27 bits per heavy atom. The van der Waals surface area contributed by atoms with Crippen molar-refractivity contribution in [3.8, 4) is 0 Å². The maximum atomic E-state index is 5.68. The molecule has 3 nitrogen and oxygen atoms in total. The summed E-state index contributed by atoms with van der Waals surface area (Å²) in [5, 5.41) is 0. The normalized spacial score (nSPS) is 13.4. The Labute approximate surface area is 105 Å². The van der Waals surface area contributed by atoms with Crippen LogP contribution in [0.5, 0.6) is 0 Å². The molecule has 0 N–H and O–H groups in total.